The van der Waals surface area contributed by atoms with Crippen molar-refractivity contribution in [1.29, 1.82) is 0 Å². The molecule has 2 nitrogen and oxygen atoms in total. The fourth-order valence-corrected chi connectivity index (χ4v) is 2.26. The van der Waals surface area contributed by atoms with Crippen LogP contribution in [0.5, 0.6) is 5.75 Å². The van der Waals surface area contributed by atoms with E-state index in [0.29, 0.717) is 0 Å². The first-order chi connectivity index (χ1) is 9.24. The van der Waals surface area contributed by atoms with Gasteiger partial charge in [0, 0.05) is 24.3 Å². The van der Waals surface area contributed by atoms with E-state index in [-0.39, 0.29) is 0 Å². The molecule has 0 saturated carbocycles. The lowest BCUT2D eigenvalue weighted by molar-refractivity contribution is 0.409. The molecule has 0 fully saturated rings. The molecule has 0 radical (unpaired) electrons. The van der Waals surface area contributed by atoms with Crippen LogP contribution in [0.15, 0.2) is 48.5 Å². The van der Waals surface area contributed by atoms with Gasteiger partial charge in [-0.3, -0.25) is 0 Å². The van der Waals surface area contributed by atoms with Crippen molar-refractivity contribution in [3.8, 4) is 5.75 Å². The Labute approximate surface area is 115 Å². The predicted octanol–water partition coefficient (Wildman–Crippen LogP) is 4.03. The van der Waals surface area contributed by atoms with E-state index in [2.05, 4.69) is 55.1 Å². The minimum atomic E-state index is 0.866. The van der Waals surface area contributed by atoms with Crippen molar-refractivity contribution >= 4 is 5.69 Å². The third-order valence-electron chi connectivity index (χ3n) is 3.30. The molecule has 19 heavy (non-hydrogen) atoms. The van der Waals surface area contributed by atoms with Gasteiger partial charge in [0.1, 0.15) is 5.75 Å². The van der Waals surface area contributed by atoms with Gasteiger partial charge in [-0.05, 0) is 32.0 Å². The number of para-hydroxylation sites is 1. The minimum absolute atomic E-state index is 0.866. The molecular weight excluding hydrogens is 234 g/mol. The Kier molecular flexibility index (Phi) is 4.45. The summed E-state index contributed by atoms with van der Waals surface area (Å²) in [7, 11) is 1.73. The Morgan fingerprint density at radius 3 is 2.42 bits per heavy atom. The smallest absolute Gasteiger partial charge is 0.123 e. The van der Waals surface area contributed by atoms with Crippen molar-refractivity contribution < 1.29 is 4.74 Å². The van der Waals surface area contributed by atoms with Gasteiger partial charge in [-0.25, -0.2) is 0 Å². The highest BCUT2D eigenvalue weighted by molar-refractivity contribution is 5.48. The number of nitrogens with zero attached hydrogens (tertiary/aromatic N) is 1. The normalized spacial score (nSPS) is 10.3. The van der Waals surface area contributed by atoms with Crippen LogP contribution in [0.25, 0.3) is 0 Å². The second kappa shape index (κ2) is 6.28. The highest BCUT2D eigenvalue weighted by Gasteiger charge is 2.09. The fraction of sp³-hybridized carbons (Fsp3) is 0.294. The minimum Gasteiger partial charge on any atom is -0.496 e. The van der Waals surface area contributed by atoms with Gasteiger partial charge in [-0.1, -0.05) is 35.9 Å². The van der Waals surface area contributed by atoms with Gasteiger partial charge in [-0.2, -0.15) is 0 Å². The molecule has 0 heterocycles. The third kappa shape index (κ3) is 3.28. The van der Waals surface area contributed by atoms with Crippen molar-refractivity contribution in [1.82, 2.24) is 0 Å². The highest BCUT2D eigenvalue weighted by Crippen LogP contribution is 2.24. The molecule has 0 spiro atoms. The van der Waals surface area contributed by atoms with Crippen molar-refractivity contribution in [2.24, 2.45) is 0 Å². The highest BCUT2D eigenvalue weighted by atomic mass is 16.5. The number of benzene rings is 2. The molecule has 0 N–H and O–H groups in total. The lowest BCUT2D eigenvalue weighted by Gasteiger charge is -2.24. The van der Waals surface area contributed by atoms with Crippen LogP contribution >= 0.6 is 0 Å². The SMILES string of the molecule is CCN(Cc1cc(C)ccc1OC)c1ccccc1. The lowest BCUT2D eigenvalue weighted by Crippen LogP contribution is -2.22. The summed E-state index contributed by atoms with van der Waals surface area (Å²) in [6.45, 7) is 6.13. The number of hydrogen-bond donors (Lipinski definition) is 0. The second-order valence-corrected chi connectivity index (χ2v) is 4.67. The number of methoxy groups -OCH3 is 1. The maximum absolute atomic E-state index is 5.45. The maximum atomic E-state index is 5.45. The molecule has 2 aromatic rings. The van der Waals surface area contributed by atoms with E-state index in [1.165, 1.54) is 16.8 Å². The molecule has 2 heteroatoms. The summed E-state index contributed by atoms with van der Waals surface area (Å²) in [6.07, 6.45) is 0. The van der Waals surface area contributed by atoms with Gasteiger partial charge < -0.3 is 9.64 Å². The average Bonchev–Trinajstić information content (AvgIpc) is 2.46. The van der Waals surface area contributed by atoms with E-state index in [1.54, 1.807) is 7.11 Å². The third-order valence-corrected chi connectivity index (χ3v) is 3.30. The Morgan fingerprint density at radius 2 is 1.79 bits per heavy atom. The second-order valence-electron chi connectivity index (χ2n) is 4.67. The standard InChI is InChI=1S/C17H21NO/c1-4-18(16-8-6-5-7-9-16)13-15-12-14(2)10-11-17(15)19-3/h5-12H,4,13H2,1-3H3. The summed E-state index contributed by atoms with van der Waals surface area (Å²) >= 11 is 0. The van der Waals surface area contributed by atoms with Gasteiger partial charge in [0.25, 0.3) is 0 Å². The summed E-state index contributed by atoms with van der Waals surface area (Å²) in [5, 5.41) is 0. The van der Waals surface area contributed by atoms with Crippen LogP contribution in [0.2, 0.25) is 0 Å². The molecule has 0 aliphatic heterocycles. The molecule has 2 rings (SSSR count). The lowest BCUT2D eigenvalue weighted by atomic mass is 10.1. The van der Waals surface area contributed by atoms with Gasteiger partial charge in [-0.15, -0.1) is 0 Å². The van der Waals surface area contributed by atoms with Crippen molar-refractivity contribution in [3.63, 3.8) is 0 Å². The molecule has 0 aliphatic rings. The van der Waals surface area contributed by atoms with Crippen LogP contribution in [0, 0.1) is 6.92 Å². The summed E-state index contributed by atoms with van der Waals surface area (Å²) < 4.78 is 5.45. The molecule has 0 unspecified atom stereocenters. The molecule has 0 bridgehead atoms. The molecule has 0 aromatic heterocycles. The zero-order valence-electron chi connectivity index (χ0n) is 11.9. The Balaban J connectivity index is 2.26. The number of anilines is 1. The molecule has 0 aliphatic carbocycles. The zero-order valence-corrected chi connectivity index (χ0v) is 11.9. The fourth-order valence-electron chi connectivity index (χ4n) is 2.26. The number of hydrogen-bond acceptors (Lipinski definition) is 2. The Hall–Kier alpha value is -1.96. The van der Waals surface area contributed by atoms with Crippen LogP contribution in [0.1, 0.15) is 18.1 Å². The van der Waals surface area contributed by atoms with Crippen LogP contribution in [-0.2, 0) is 6.54 Å². The van der Waals surface area contributed by atoms with E-state index >= 15 is 0 Å². The first-order valence-corrected chi connectivity index (χ1v) is 6.68. The summed E-state index contributed by atoms with van der Waals surface area (Å²) in [5.41, 5.74) is 3.74. The summed E-state index contributed by atoms with van der Waals surface area (Å²) in [5.74, 6) is 0.958. The van der Waals surface area contributed by atoms with Crippen molar-refractivity contribution in [3.05, 3.63) is 59.7 Å². The average molecular weight is 255 g/mol. The monoisotopic (exact) mass is 255 g/mol. The molecule has 0 amide bonds. The molecule has 2 aromatic carbocycles. The predicted molar refractivity (Wildman–Crippen MR) is 80.9 cm³/mol. The quantitative estimate of drug-likeness (QED) is 0.799. The van der Waals surface area contributed by atoms with Crippen LogP contribution in [0.3, 0.4) is 0 Å². The van der Waals surface area contributed by atoms with Crippen LogP contribution < -0.4 is 9.64 Å². The van der Waals surface area contributed by atoms with E-state index in [0.717, 1.165) is 18.8 Å². The van der Waals surface area contributed by atoms with Crippen LogP contribution in [0.4, 0.5) is 5.69 Å². The Bertz CT molecular complexity index is 522. The van der Waals surface area contributed by atoms with E-state index < -0.39 is 0 Å². The topological polar surface area (TPSA) is 12.5 Å². The van der Waals surface area contributed by atoms with Crippen molar-refractivity contribution in [2.45, 2.75) is 20.4 Å². The maximum Gasteiger partial charge on any atom is 0.123 e. The molecule has 0 atom stereocenters. The number of rotatable bonds is 5. The summed E-state index contributed by atoms with van der Waals surface area (Å²) in [6, 6.07) is 16.8. The molecular formula is C17H21NO. The van der Waals surface area contributed by atoms with Gasteiger partial charge in [0.05, 0.1) is 7.11 Å². The van der Waals surface area contributed by atoms with Gasteiger partial charge in [0.2, 0.25) is 0 Å². The molecule has 100 valence electrons. The first-order valence-electron chi connectivity index (χ1n) is 6.68. The van der Waals surface area contributed by atoms with Crippen molar-refractivity contribution in [2.75, 3.05) is 18.6 Å². The first kappa shape index (κ1) is 13.5. The van der Waals surface area contributed by atoms with E-state index in [9.17, 15) is 0 Å². The van der Waals surface area contributed by atoms with Gasteiger partial charge >= 0.3 is 0 Å². The van der Waals surface area contributed by atoms with E-state index in [1.807, 2.05) is 12.1 Å². The Morgan fingerprint density at radius 1 is 1.05 bits per heavy atom. The van der Waals surface area contributed by atoms with E-state index in [4.69, 9.17) is 4.74 Å². The van der Waals surface area contributed by atoms with Crippen LogP contribution in [-0.4, -0.2) is 13.7 Å². The summed E-state index contributed by atoms with van der Waals surface area (Å²) in [4.78, 5) is 2.34. The zero-order chi connectivity index (χ0) is 13.7. The molecule has 0 saturated heterocycles. The number of ether oxygens (including phenoxy) is 1. The number of aryl methyl sites for hydroxylation is 1. The van der Waals surface area contributed by atoms with Gasteiger partial charge in [0.15, 0.2) is 0 Å². The largest absolute Gasteiger partial charge is 0.496 e.